The van der Waals surface area contributed by atoms with Crippen LogP contribution in [-0.4, -0.2) is 0 Å². The molecule has 1 atom stereocenters. The van der Waals surface area contributed by atoms with Gasteiger partial charge in [0.1, 0.15) is 0 Å². The lowest BCUT2D eigenvalue weighted by Crippen LogP contribution is -2.28. The van der Waals surface area contributed by atoms with Gasteiger partial charge in [0, 0.05) is 14.3 Å². The molecule has 0 saturated carbocycles. The minimum atomic E-state index is 0.187. The Balaban J connectivity index is 1.80. The van der Waals surface area contributed by atoms with Gasteiger partial charge in [-0.3, -0.25) is 11.3 Å². The van der Waals surface area contributed by atoms with Crippen LogP contribution in [0.4, 0.5) is 0 Å². The Morgan fingerprint density at radius 2 is 1.85 bits per heavy atom. The van der Waals surface area contributed by atoms with Crippen molar-refractivity contribution in [1.82, 2.24) is 5.43 Å². The summed E-state index contributed by atoms with van der Waals surface area (Å²) in [6.45, 7) is 2.18. The maximum absolute atomic E-state index is 5.76. The highest BCUT2D eigenvalue weighted by Gasteiger charge is 2.14. The molecule has 104 valence electrons. The quantitative estimate of drug-likeness (QED) is 0.545. The van der Waals surface area contributed by atoms with E-state index in [0.717, 1.165) is 12.8 Å². The molecule has 0 aliphatic carbocycles. The van der Waals surface area contributed by atoms with Gasteiger partial charge in [-0.25, -0.2) is 0 Å². The van der Waals surface area contributed by atoms with Gasteiger partial charge in [-0.15, -0.1) is 22.7 Å². The average molecular weight is 302 g/mol. The van der Waals surface area contributed by atoms with Crippen LogP contribution in [0.1, 0.15) is 29.0 Å². The van der Waals surface area contributed by atoms with Gasteiger partial charge in [0.05, 0.1) is 6.04 Å². The Bertz CT molecular complexity index is 653. The number of nitrogens with one attached hydrogen (secondary N) is 1. The lowest BCUT2D eigenvalue weighted by Gasteiger charge is -2.14. The van der Waals surface area contributed by atoms with Gasteiger partial charge in [-0.1, -0.05) is 31.2 Å². The molecule has 2 heterocycles. The fourth-order valence-electron chi connectivity index (χ4n) is 2.34. The Labute approximate surface area is 127 Å². The van der Waals surface area contributed by atoms with Crippen molar-refractivity contribution >= 4 is 32.1 Å². The first-order chi connectivity index (χ1) is 9.80. The number of nitrogens with two attached hydrogens (primary N) is 1. The molecule has 3 N–H and O–H groups in total. The summed E-state index contributed by atoms with van der Waals surface area (Å²) in [6.07, 6.45) is 2.01. The Morgan fingerprint density at radius 3 is 2.50 bits per heavy atom. The minimum Gasteiger partial charge on any atom is -0.271 e. The zero-order valence-electron chi connectivity index (χ0n) is 11.4. The van der Waals surface area contributed by atoms with E-state index in [2.05, 4.69) is 54.1 Å². The van der Waals surface area contributed by atoms with Crippen LogP contribution in [0.25, 0.3) is 9.40 Å². The molecule has 4 heteroatoms. The van der Waals surface area contributed by atoms with Crippen molar-refractivity contribution < 1.29 is 0 Å². The molecule has 3 rings (SSSR count). The summed E-state index contributed by atoms with van der Waals surface area (Å²) in [5.41, 5.74) is 5.66. The van der Waals surface area contributed by atoms with Crippen molar-refractivity contribution in [1.29, 1.82) is 0 Å². The van der Waals surface area contributed by atoms with Gasteiger partial charge in [0.15, 0.2) is 0 Å². The molecule has 0 radical (unpaired) electrons. The summed E-state index contributed by atoms with van der Waals surface area (Å²) in [5, 5.41) is 2.14. The summed E-state index contributed by atoms with van der Waals surface area (Å²) in [5.74, 6) is 5.76. The van der Waals surface area contributed by atoms with Gasteiger partial charge in [-0.05, 0) is 41.5 Å². The van der Waals surface area contributed by atoms with Crippen molar-refractivity contribution in [3.63, 3.8) is 0 Å². The highest BCUT2D eigenvalue weighted by atomic mass is 32.1. The summed E-state index contributed by atoms with van der Waals surface area (Å²) in [4.78, 5) is 1.31. The van der Waals surface area contributed by atoms with E-state index in [1.807, 2.05) is 11.3 Å². The van der Waals surface area contributed by atoms with Gasteiger partial charge in [0.25, 0.3) is 0 Å². The van der Waals surface area contributed by atoms with Crippen LogP contribution >= 0.6 is 22.7 Å². The Hall–Kier alpha value is -1.20. The molecule has 0 amide bonds. The maximum Gasteiger partial charge on any atom is 0.0594 e. The zero-order chi connectivity index (χ0) is 13.9. The van der Waals surface area contributed by atoms with E-state index < -0.39 is 0 Å². The second-order valence-electron chi connectivity index (χ2n) is 4.89. The number of thiophene rings is 2. The fourth-order valence-corrected chi connectivity index (χ4v) is 4.52. The first-order valence-corrected chi connectivity index (χ1v) is 8.50. The van der Waals surface area contributed by atoms with Crippen LogP contribution in [0, 0.1) is 0 Å². The molecule has 0 aliphatic heterocycles. The molecule has 1 aromatic carbocycles. The summed E-state index contributed by atoms with van der Waals surface area (Å²) in [6, 6.07) is 13.4. The van der Waals surface area contributed by atoms with Crippen molar-refractivity contribution in [3.05, 3.63) is 57.8 Å². The molecule has 1 unspecified atom stereocenters. The highest BCUT2D eigenvalue weighted by molar-refractivity contribution is 7.26. The molecule has 20 heavy (non-hydrogen) atoms. The van der Waals surface area contributed by atoms with E-state index in [0.29, 0.717) is 0 Å². The topological polar surface area (TPSA) is 38.0 Å². The monoisotopic (exact) mass is 302 g/mol. The zero-order valence-corrected chi connectivity index (χ0v) is 13.1. The lowest BCUT2D eigenvalue weighted by molar-refractivity contribution is 0.561. The van der Waals surface area contributed by atoms with Crippen molar-refractivity contribution in [2.45, 2.75) is 25.8 Å². The lowest BCUT2D eigenvalue weighted by atomic mass is 10.0. The van der Waals surface area contributed by atoms with E-state index in [-0.39, 0.29) is 6.04 Å². The Kier molecular flexibility index (Phi) is 4.17. The molecule has 2 nitrogen and oxygen atoms in total. The SMILES string of the molecule is CCc1ccc(CC(NN)c2cc3sccc3s2)cc1. The first kappa shape index (κ1) is 13.8. The van der Waals surface area contributed by atoms with Crippen LogP contribution in [0.2, 0.25) is 0 Å². The van der Waals surface area contributed by atoms with Crippen LogP contribution in [0.15, 0.2) is 41.8 Å². The van der Waals surface area contributed by atoms with Gasteiger partial charge < -0.3 is 0 Å². The van der Waals surface area contributed by atoms with Crippen LogP contribution in [0.5, 0.6) is 0 Å². The normalized spacial score (nSPS) is 12.9. The summed E-state index contributed by atoms with van der Waals surface area (Å²) >= 11 is 3.62. The number of hydrogen-bond donors (Lipinski definition) is 2. The van der Waals surface area contributed by atoms with Crippen molar-refractivity contribution in [3.8, 4) is 0 Å². The fraction of sp³-hybridized carbons (Fsp3) is 0.250. The predicted molar refractivity (Wildman–Crippen MR) is 89.3 cm³/mol. The predicted octanol–water partition coefficient (Wildman–Crippen LogP) is 4.27. The molecule has 0 aliphatic rings. The van der Waals surface area contributed by atoms with Crippen LogP contribution in [-0.2, 0) is 12.8 Å². The standard InChI is InChI=1S/C16H18N2S2/c1-2-11-3-5-12(6-4-11)9-13(18-17)15-10-16-14(20-15)7-8-19-16/h3-8,10,13,18H,2,9,17H2,1H3. The van der Waals surface area contributed by atoms with Crippen molar-refractivity contribution in [2.24, 2.45) is 5.84 Å². The largest absolute Gasteiger partial charge is 0.271 e. The molecule has 0 saturated heterocycles. The van der Waals surface area contributed by atoms with Gasteiger partial charge >= 0.3 is 0 Å². The summed E-state index contributed by atoms with van der Waals surface area (Å²) < 4.78 is 2.71. The third-order valence-corrected chi connectivity index (χ3v) is 5.78. The molecule has 0 bridgehead atoms. The maximum atomic E-state index is 5.76. The molecule has 3 aromatic rings. The van der Waals surface area contributed by atoms with Crippen molar-refractivity contribution in [2.75, 3.05) is 0 Å². The number of aryl methyl sites for hydroxylation is 1. The van der Waals surface area contributed by atoms with Crippen LogP contribution < -0.4 is 11.3 Å². The molecular weight excluding hydrogens is 284 g/mol. The minimum absolute atomic E-state index is 0.187. The average Bonchev–Trinajstić information content (AvgIpc) is 3.06. The third-order valence-electron chi connectivity index (χ3n) is 3.57. The van der Waals surface area contributed by atoms with E-state index in [4.69, 9.17) is 5.84 Å². The van der Waals surface area contributed by atoms with Gasteiger partial charge in [-0.2, -0.15) is 0 Å². The number of benzene rings is 1. The van der Waals surface area contributed by atoms with E-state index >= 15 is 0 Å². The third kappa shape index (κ3) is 2.79. The van der Waals surface area contributed by atoms with E-state index in [9.17, 15) is 0 Å². The van der Waals surface area contributed by atoms with Gasteiger partial charge in [0.2, 0.25) is 0 Å². The molecular formula is C16H18N2S2. The highest BCUT2D eigenvalue weighted by Crippen LogP contribution is 2.34. The van der Waals surface area contributed by atoms with Crippen LogP contribution in [0.3, 0.4) is 0 Å². The molecule has 2 aromatic heterocycles. The first-order valence-electron chi connectivity index (χ1n) is 6.81. The Morgan fingerprint density at radius 1 is 1.10 bits per heavy atom. The number of rotatable bonds is 5. The van der Waals surface area contributed by atoms with E-state index in [1.165, 1.54) is 25.4 Å². The second kappa shape index (κ2) is 6.06. The number of hydrogen-bond acceptors (Lipinski definition) is 4. The summed E-state index contributed by atoms with van der Waals surface area (Å²) in [7, 11) is 0. The smallest absolute Gasteiger partial charge is 0.0594 e. The molecule has 0 spiro atoms. The second-order valence-corrected chi connectivity index (χ2v) is 6.95. The molecule has 0 fully saturated rings. The number of hydrazine groups is 1. The van der Waals surface area contributed by atoms with E-state index in [1.54, 1.807) is 11.3 Å². The number of fused-ring (bicyclic) bond motifs is 1.